The Bertz CT molecular complexity index is 1820. The Kier molecular flexibility index (Phi) is 23.3. The molecule has 0 aromatic carbocycles. The number of nitrogens with two attached hydrogens (primary N) is 5. The smallest absolute Gasteiger partial charge is 0.326 e. The number of nitrogens with one attached hydrogen (secondary N) is 6. The highest BCUT2D eigenvalue weighted by molar-refractivity contribution is 5.99. The quantitative estimate of drug-likeness (QED) is 0.0188. The maximum atomic E-state index is 13.8. The van der Waals surface area contributed by atoms with E-state index in [9.17, 15) is 67.7 Å². The standard InChI is InChI=1S/C37H61N13O15/c1-16(2)12-18(38)30(58)45-20(8-9-25(39)51)31(59)44-17(3)29(57)47-21(13-26(40)52)33(61)46-19(6-4-10-43-37(41)42)32(60)48-22(14-27(53)54)35(63)50-11-5-7-24(50)34(62)49-23(36(64)65)15-28(55)56/h16-24H,4-15,38H2,1-3H3,(H2,39,51)(H2,40,52)(H,44,59)(H,45,58)(H,46,61)(H,47,57)(H,48,60)(H,49,62)(H,53,54)(H,55,56)(H,64,65)(H4,41,42,43)/t17-,18-,19-,20-,21-,22-,23-,24-/m0/s1. The average molecular weight is 928 g/mol. The van der Waals surface area contributed by atoms with Crippen LogP contribution in [0.25, 0.3) is 0 Å². The first-order valence-corrected chi connectivity index (χ1v) is 20.4. The molecule has 1 aliphatic heterocycles. The van der Waals surface area contributed by atoms with Gasteiger partial charge >= 0.3 is 17.9 Å². The van der Waals surface area contributed by atoms with Gasteiger partial charge in [-0.3, -0.25) is 57.7 Å². The van der Waals surface area contributed by atoms with Gasteiger partial charge < -0.3 is 80.8 Å². The predicted molar refractivity (Wildman–Crippen MR) is 224 cm³/mol. The van der Waals surface area contributed by atoms with E-state index in [4.69, 9.17) is 33.8 Å². The molecule has 65 heavy (non-hydrogen) atoms. The molecular weight excluding hydrogens is 866 g/mol. The molecule has 1 fully saturated rings. The minimum absolute atomic E-state index is 0.0163. The molecule has 9 amide bonds. The van der Waals surface area contributed by atoms with Crippen molar-refractivity contribution in [3.05, 3.63) is 0 Å². The van der Waals surface area contributed by atoms with E-state index in [0.717, 1.165) is 4.90 Å². The summed E-state index contributed by atoms with van der Waals surface area (Å²) in [7, 11) is 0. The third kappa shape index (κ3) is 20.7. The number of primary amides is 2. The fourth-order valence-electron chi connectivity index (χ4n) is 6.37. The molecule has 0 radical (unpaired) electrons. The van der Waals surface area contributed by atoms with Gasteiger partial charge in [-0.2, -0.15) is 0 Å². The van der Waals surface area contributed by atoms with Crippen molar-refractivity contribution >= 4 is 77.0 Å². The van der Waals surface area contributed by atoms with Crippen LogP contribution in [0, 0.1) is 5.92 Å². The Morgan fingerprint density at radius 3 is 1.69 bits per heavy atom. The summed E-state index contributed by atoms with van der Waals surface area (Å²) < 4.78 is 0. The molecule has 0 aromatic heterocycles. The van der Waals surface area contributed by atoms with Crippen LogP contribution in [-0.2, 0) is 57.5 Å². The summed E-state index contributed by atoms with van der Waals surface area (Å²) >= 11 is 0. The van der Waals surface area contributed by atoms with Gasteiger partial charge in [0.15, 0.2) is 5.96 Å². The van der Waals surface area contributed by atoms with Gasteiger partial charge in [-0.25, -0.2) is 4.79 Å². The molecule has 1 heterocycles. The molecule has 0 spiro atoms. The van der Waals surface area contributed by atoms with Crippen LogP contribution in [0.2, 0.25) is 0 Å². The first-order chi connectivity index (χ1) is 30.2. The van der Waals surface area contributed by atoms with E-state index >= 15 is 0 Å². The summed E-state index contributed by atoms with van der Waals surface area (Å²) in [6.45, 7) is 4.55. The zero-order valence-corrected chi connectivity index (χ0v) is 36.2. The second kappa shape index (κ2) is 27.1. The summed E-state index contributed by atoms with van der Waals surface area (Å²) in [5, 5.41) is 41.7. The van der Waals surface area contributed by atoms with E-state index in [2.05, 4.69) is 31.6 Å². The molecule has 8 atom stereocenters. The van der Waals surface area contributed by atoms with E-state index in [1.54, 1.807) is 0 Å². The molecule has 28 nitrogen and oxygen atoms in total. The number of aliphatic carboxylic acids is 3. The Morgan fingerprint density at radius 2 is 1.15 bits per heavy atom. The number of guanidine groups is 1. The largest absolute Gasteiger partial charge is 0.481 e. The van der Waals surface area contributed by atoms with Gasteiger partial charge in [0.2, 0.25) is 53.2 Å². The first-order valence-electron chi connectivity index (χ1n) is 20.4. The Morgan fingerprint density at radius 1 is 0.631 bits per heavy atom. The van der Waals surface area contributed by atoms with Gasteiger partial charge in [0.1, 0.15) is 42.3 Å². The van der Waals surface area contributed by atoms with Crippen molar-refractivity contribution in [2.24, 2.45) is 39.6 Å². The van der Waals surface area contributed by atoms with Crippen molar-refractivity contribution in [1.82, 2.24) is 36.8 Å². The topological polar surface area (TPSA) is 483 Å². The number of carbonyl (C=O) groups excluding carboxylic acids is 9. The molecule has 1 aliphatic rings. The molecule has 0 saturated carbocycles. The van der Waals surface area contributed by atoms with E-state index in [0.29, 0.717) is 0 Å². The second-order valence-corrected chi connectivity index (χ2v) is 15.6. The number of carbonyl (C=O) groups is 12. The second-order valence-electron chi connectivity index (χ2n) is 15.6. The van der Waals surface area contributed by atoms with Gasteiger partial charge in [0, 0.05) is 19.5 Å². The van der Waals surface area contributed by atoms with Crippen molar-refractivity contribution in [1.29, 1.82) is 0 Å². The SMILES string of the molecule is CC(C)C[C@H](N)C(=O)N[C@@H](CCC(N)=O)C(=O)N[C@@H](C)C(=O)N[C@@H](CC(N)=O)C(=O)N[C@@H](CCCN=C(N)N)C(=O)N[C@@H](CC(=O)O)C(=O)N1CCC[C@H]1C(=O)N[C@@H](CC(=O)O)C(=O)O. The molecule has 1 rings (SSSR count). The van der Waals surface area contributed by atoms with Crippen molar-refractivity contribution in [2.45, 2.75) is 133 Å². The Hall–Kier alpha value is -7.13. The van der Waals surface area contributed by atoms with E-state index < -0.39 is 139 Å². The zero-order valence-electron chi connectivity index (χ0n) is 36.2. The van der Waals surface area contributed by atoms with Crippen LogP contribution < -0.4 is 60.6 Å². The normalized spacial score (nSPS) is 16.4. The molecule has 0 aromatic rings. The number of carboxylic acid groups (broad SMARTS) is 3. The molecule has 364 valence electrons. The number of likely N-dealkylation sites (tertiary alicyclic amines) is 1. The third-order valence-corrected chi connectivity index (χ3v) is 9.57. The van der Waals surface area contributed by atoms with Crippen LogP contribution in [0.1, 0.15) is 85.0 Å². The maximum Gasteiger partial charge on any atom is 0.326 e. The molecule has 0 bridgehead atoms. The van der Waals surface area contributed by atoms with Crippen LogP contribution in [0.15, 0.2) is 4.99 Å². The highest BCUT2D eigenvalue weighted by Gasteiger charge is 2.41. The van der Waals surface area contributed by atoms with E-state index in [1.807, 2.05) is 19.2 Å². The van der Waals surface area contributed by atoms with Crippen LogP contribution in [0.5, 0.6) is 0 Å². The minimum atomic E-state index is -1.90. The van der Waals surface area contributed by atoms with Crippen LogP contribution in [0.4, 0.5) is 0 Å². The van der Waals surface area contributed by atoms with Gasteiger partial charge in [-0.1, -0.05) is 13.8 Å². The lowest BCUT2D eigenvalue weighted by Crippen LogP contribution is -2.60. The van der Waals surface area contributed by atoms with Crippen LogP contribution >= 0.6 is 0 Å². The number of rotatable bonds is 29. The summed E-state index contributed by atoms with van der Waals surface area (Å²) in [5.74, 6) is -14.3. The van der Waals surface area contributed by atoms with Gasteiger partial charge in [0.25, 0.3) is 0 Å². The summed E-state index contributed by atoms with van der Waals surface area (Å²) in [4.78, 5) is 156. The van der Waals surface area contributed by atoms with Gasteiger partial charge in [0.05, 0.1) is 25.3 Å². The number of hydrogen-bond donors (Lipinski definition) is 14. The fraction of sp³-hybridized carbons (Fsp3) is 0.649. The Balaban J connectivity index is 3.36. The highest BCUT2D eigenvalue weighted by Crippen LogP contribution is 2.20. The lowest BCUT2D eigenvalue weighted by Gasteiger charge is -2.30. The third-order valence-electron chi connectivity index (χ3n) is 9.57. The van der Waals surface area contributed by atoms with Gasteiger partial charge in [-0.15, -0.1) is 0 Å². The first kappa shape index (κ1) is 55.9. The lowest BCUT2D eigenvalue weighted by atomic mass is 10.0. The van der Waals surface area contributed by atoms with Crippen molar-refractivity contribution in [3.8, 4) is 0 Å². The molecule has 28 heteroatoms. The predicted octanol–water partition coefficient (Wildman–Crippen LogP) is -6.49. The van der Waals surface area contributed by atoms with Crippen molar-refractivity contribution in [3.63, 3.8) is 0 Å². The number of carboxylic acids is 3. The number of amides is 9. The summed E-state index contributed by atoms with van der Waals surface area (Å²) in [6.07, 6.45) is -3.47. The zero-order chi connectivity index (χ0) is 49.7. The number of nitrogens with zero attached hydrogens (tertiary/aromatic N) is 2. The average Bonchev–Trinajstić information content (AvgIpc) is 3.68. The molecular formula is C37H61N13O15. The molecule has 19 N–H and O–H groups in total. The van der Waals surface area contributed by atoms with Crippen LogP contribution in [-0.4, -0.2) is 159 Å². The molecule has 0 aliphatic carbocycles. The summed E-state index contributed by atoms with van der Waals surface area (Å²) in [6, 6.07) is -12.5. The lowest BCUT2D eigenvalue weighted by molar-refractivity contribution is -0.149. The number of hydrogen-bond acceptors (Lipinski definition) is 14. The monoisotopic (exact) mass is 927 g/mol. The van der Waals surface area contributed by atoms with Gasteiger partial charge in [-0.05, 0) is 51.4 Å². The van der Waals surface area contributed by atoms with Crippen molar-refractivity contribution in [2.75, 3.05) is 13.1 Å². The molecule has 0 unspecified atom stereocenters. The number of aliphatic imine (C=N–C) groups is 1. The van der Waals surface area contributed by atoms with Crippen LogP contribution in [0.3, 0.4) is 0 Å². The molecule has 1 saturated heterocycles. The van der Waals surface area contributed by atoms with Crippen molar-refractivity contribution < 1.29 is 72.9 Å². The maximum absolute atomic E-state index is 13.8. The Labute approximate surface area is 372 Å². The van der Waals surface area contributed by atoms with E-state index in [-0.39, 0.29) is 69.9 Å². The summed E-state index contributed by atoms with van der Waals surface area (Å²) in [5.41, 5.74) is 27.2. The highest BCUT2D eigenvalue weighted by atomic mass is 16.4. The fourth-order valence-corrected chi connectivity index (χ4v) is 6.37. The minimum Gasteiger partial charge on any atom is -0.481 e. The van der Waals surface area contributed by atoms with E-state index in [1.165, 1.54) is 6.92 Å².